The minimum absolute atomic E-state index is 0.0607. The maximum atomic E-state index is 12.2. The number of carbonyl (C=O) groups excluding carboxylic acids is 1. The molecule has 1 atom stereocenters. The second kappa shape index (κ2) is 4.88. The van der Waals surface area contributed by atoms with Gasteiger partial charge in [-0.05, 0) is 24.8 Å². The highest BCUT2D eigenvalue weighted by atomic mass is 16.2. The first kappa shape index (κ1) is 12.1. The van der Waals surface area contributed by atoms with Gasteiger partial charge < -0.3 is 11.1 Å². The van der Waals surface area contributed by atoms with E-state index in [-0.39, 0.29) is 17.4 Å². The molecule has 0 radical (unpaired) electrons. The van der Waals surface area contributed by atoms with Crippen molar-refractivity contribution < 1.29 is 4.79 Å². The van der Waals surface area contributed by atoms with Crippen molar-refractivity contribution in [3.63, 3.8) is 0 Å². The zero-order chi connectivity index (χ0) is 12.3. The molecule has 1 unspecified atom stereocenters. The standard InChI is InChI=1S/C14H20N2O/c1-2-12(15)10-16-13(17)14(8-9-14)11-6-4-3-5-7-11/h3-7,12H,2,8-10,15H2,1H3,(H,16,17). The van der Waals surface area contributed by atoms with Crippen LogP contribution in [0.5, 0.6) is 0 Å². The molecular weight excluding hydrogens is 212 g/mol. The number of amides is 1. The maximum Gasteiger partial charge on any atom is 0.230 e. The minimum atomic E-state index is -0.269. The van der Waals surface area contributed by atoms with Crippen LogP contribution < -0.4 is 11.1 Å². The van der Waals surface area contributed by atoms with Crippen molar-refractivity contribution in [3.05, 3.63) is 35.9 Å². The van der Waals surface area contributed by atoms with E-state index in [1.54, 1.807) is 0 Å². The molecule has 3 heteroatoms. The molecule has 1 aromatic rings. The first-order chi connectivity index (χ1) is 8.19. The molecule has 3 N–H and O–H groups in total. The van der Waals surface area contributed by atoms with Gasteiger partial charge in [0.1, 0.15) is 0 Å². The van der Waals surface area contributed by atoms with Crippen molar-refractivity contribution in [1.82, 2.24) is 5.32 Å². The maximum absolute atomic E-state index is 12.2. The van der Waals surface area contributed by atoms with Crippen LogP contribution in [0.25, 0.3) is 0 Å². The number of benzene rings is 1. The molecule has 1 fully saturated rings. The zero-order valence-corrected chi connectivity index (χ0v) is 10.3. The van der Waals surface area contributed by atoms with Crippen molar-refractivity contribution in [1.29, 1.82) is 0 Å². The molecule has 3 nitrogen and oxygen atoms in total. The van der Waals surface area contributed by atoms with E-state index < -0.39 is 0 Å². The van der Waals surface area contributed by atoms with Crippen LogP contribution in [0, 0.1) is 0 Å². The van der Waals surface area contributed by atoms with Gasteiger partial charge in [0.15, 0.2) is 0 Å². The van der Waals surface area contributed by atoms with Crippen LogP contribution in [0.2, 0.25) is 0 Å². The summed E-state index contributed by atoms with van der Waals surface area (Å²) in [6.45, 7) is 2.60. The third-order valence-electron chi connectivity index (χ3n) is 3.56. The average Bonchev–Trinajstić information content (AvgIpc) is 3.18. The first-order valence-electron chi connectivity index (χ1n) is 6.28. The summed E-state index contributed by atoms with van der Waals surface area (Å²) < 4.78 is 0. The molecule has 1 aliphatic rings. The lowest BCUT2D eigenvalue weighted by atomic mass is 9.95. The highest BCUT2D eigenvalue weighted by molar-refractivity contribution is 5.91. The molecular formula is C14H20N2O. The highest BCUT2D eigenvalue weighted by Gasteiger charge is 2.50. The summed E-state index contributed by atoms with van der Waals surface area (Å²) in [6.07, 6.45) is 2.78. The monoisotopic (exact) mass is 232 g/mol. The summed E-state index contributed by atoms with van der Waals surface area (Å²) in [7, 11) is 0. The van der Waals surface area contributed by atoms with Crippen molar-refractivity contribution in [2.24, 2.45) is 5.73 Å². The van der Waals surface area contributed by atoms with E-state index in [9.17, 15) is 4.79 Å². The van der Waals surface area contributed by atoms with Crippen LogP contribution in [-0.4, -0.2) is 18.5 Å². The van der Waals surface area contributed by atoms with Crippen molar-refractivity contribution in [3.8, 4) is 0 Å². The second-order valence-corrected chi connectivity index (χ2v) is 4.83. The van der Waals surface area contributed by atoms with Gasteiger partial charge >= 0.3 is 0 Å². The van der Waals surface area contributed by atoms with Gasteiger partial charge in [0.2, 0.25) is 5.91 Å². The summed E-state index contributed by atoms with van der Waals surface area (Å²) in [5, 5.41) is 2.97. The first-order valence-corrected chi connectivity index (χ1v) is 6.28. The van der Waals surface area contributed by atoms with Gasteiger partial charge in [0.25, 0.3) is 0 Å². The Morgan fingerprint density at radius 1 is 1.41 bits per heavy atom. The normalized spacial score (nSPS) is 18.5. The van der Waals surface area contributed by atoms with Gasteiger partial charge in [-0.3, -0.25) is 4.79 Å². The average molecular weight is 232 g/mol. The lowest BCUT2D eigenvalue weighted by Crippen LogP contribution is -2.41. The predicted octanol–water partition coefficient (Wildman–Crippen LogP) is 1.57. The quantitative estimate of drug-likeness (QED) is 0.809. The number of nitrogens with two attached hydrogens (primary N) is 1. The largest absolute Gasteiger partial charge is 0.354 e. The van der Waals surface area contributed by atoms with Crippen molar-refractivity contribution in [2.75, 3.05) is 6.54 Å². The van der Waals surface area contributed by atoms with Crippen molar-refractivity contribution >= 4 is 5.91 Å². The molecule has 1 saturated carbocycles. The van der Waals surface area contributed by atoms with Crippen LogP contribution in [0.3, 0.4) is 0 Å². The zero-order valence-electron chi connectivity index (χ0n) is 10.3. The van der Waals surface area contributed by atoms with Crippen molar-refractivity contribution in [2.45, 2.75) is 37.6 Å². The smallest absolute Gasteiger partial charge is 0.230 e. The van der Waals surface area contributed by atoms with Crippen LogP contribution in [-0.2, 0) is 10.2 Å². The third-order valence-corrected chi connectivity index (χ3v) is 3.56. The number of hydrogen-bond acceptors (Lipinski definition) is 2. The summed E-state index contributed by atoms with van der Waals surface area (Å²) in [6, 6.07) is 10.1. The van der Waals surface area contributed by atoms with Gasteiger partial charge in [-0.1, -0.05) is 37.3 Å². The SMILES string of the molecule is CCC(N)CNC(=O)C1(c2ccccc2)CC1. The van der Waals surface area contributed by atoms with Gasteiger partial charge in [0.05, 0.1) is 5.41 Å². The Labute approximate surface area is 102 Å². The summed E-state index contributed by atoms with van der Waals surface area (Å²) in [5.74, 6) is 0.132. The molecule has 1 aliphatic carbocycles. The molecule has 2 rings (SSSR count). The Balaban J connectivity index is 2.00. The number of hydrogen-bond donors (Lipinski definition) is 2. The van der Waals surface area contributed by atoms with E-state index in [0.717, 1.165) is 24.8 Å². The minimum Gasteiger partial charge on any atom is -0.354 e. The highest BCUT2D eigenvalue weighted by Crippen LogP contribution is 2.48. The summed E-state index contributed by atoms with van der Waals surface area (Å²) in [5.41, 5.74) is 6.67. The topological polar surface area (TPSA) is 55.1 Å². The lowest BCUT2D eigenvalue weighted by Gasteiger charge is -2.17. The fourth-order valence-corrected chi connectivity index (χ4v) is 2.07. The molecule has 17 heavy (non-hydrogen) atoms. The molecule has 0 heterocycles. The Bertz CT molecular complexity index is 384. The Morgan fingerprint density at radius 3 is 2.59 bits per heavy atom. The number of rotatable bonds is 5. The number of nitrogens with one attached hydrogen (secondary N) is 1. The van der Waals surface area contributed by atoms with E-state index in [0.29, 0.717) is 6.54 Å². The molecule has 0 aromatic heterocycles. The third kappa shape index (κ3) is 2.50. The van der Waals surface area contributed by atoms with Crippen LogP contribution in [0.1, 0.15) is 31.7 Å². The molecule has 0 aliphatic heterocycles. The molecule has 1 aromatic carbocycles. The summed E-state index contributed by atoms with van der Waals surface area (Å²) >= 11 is 0. The fourth-order valence-electron chi connectivity index (χ4n) is 2.07. The van der Waals surface area contributed by atoms with E-state index in [1.807, 2.05) is 37.3 Å². The fraction of sp³-hybridized carbons (Fsp3) is 0.500. The molecule has 92 valence electrons. The predicted molar refractivity (Wildman–Crippen MR) is 68.6 cm³/mol. The second-order valence-electron chi connectivity index (χ2n) is 4.83. The molecule has 0 saturated heterocycles. The van der Waals surface area contributed by atoms with Crippen LogP contribution >= 0.6 is 0 Å². The van der Waals surface area contributed by atoms with E-state index >= 15 is 0 Å². The summed E-state index contributed by atoms with van der Waals surface area (Å²) in [4.78, 5) is 12.2. The molecule has 0 spiro atoms. The Morgan fingerprint density at radius 2 is 2.06 bits per heavy atom. The van der Waals surface area contributed by atoms with Gasteiger partial charge in [-0.2, -0.15) is 0 Å². The number of carbonyl (C=O) groups is 1. The van der Waals surface area contributed by atoms with E-state index in [1.165, 1.54) is 0 Å². The van der Waals surface area contributed by atoms with Gasteiger partial charge in [-0.15, -0.1) is 0 Å². The van der Waals surface area contributed by atoms with E-state index in [2.05, 4.69) is 5.32 Å². The van der Waals surface area contributed by atoms with Crippen LogP contribution in [0.4, 0.5) is 0 Å². The lowest BCUT2D eigenvalue weighted by molar-refractivity contribution is -0.123. The van der Waals surface area contributed by atoms with Gasteiger partial charge in [-0.25, -0.2) is 0 Å². The van der Waals surface area contributed by atoms with E-state index in [4.69, 9.17) is 5.73 Å². The van der Waals surface area contributed by atoms with Gasteiger partial charge in [0, 0.05) is 12.6 Å². The molecule has 0 bridgehead atoms. The Kier molecular flexibility index (Phi) is 3.48. The Hall–Kier alpha value is -1.35. The van der Waals surface area contributed by atoms with Crippen LogP contribution in [0.15, 0.2) is 30.3 Å². The molecule has 1 amide bonds.